The molecular formula is C30H28N8O. The molecule has 1 aliphatic heterocycles. The van der Waals surface area contributed by atoms with Gasteiger partial charge >= 0.3 is 0 Å². The van der Waals surface area contributed by atoms with E-state index in [2.05, 4.69) is 39.4 Å². The molecule has 0 bridgehead atoms. The van der Waals surface area contributed by atoms with Gasteiger partial charge in [0.1, 0.15) is 11.9 Å². The molecule has 0 radical (unpaired) electrons. The lowest BCUT2D eigenvalue weighted by atomic mass is 10.0. The Morgan fingerprint density at radius 3 is 2.44 bits per heavy atom. The smallest absolute Gasteiger partial charge is 0.223 e. The van der Waals surface area contributed by atoms with Gasteiger partial charge < -0.3 is 9.80 Å². The van der Waals surface area contributed by atoms with E-state index in [0.29, 0.717) is 25.1 Å². The second-order valence-electron chi connectivity index (χ2n) is 9.77. The second-order valence-corrected chi connectivity index (χ2v) is 9.77. The Balaban J connectivity index is 1.18. The van der Waals surface area contributed by atoms with Crippen LogP contribution in [0.1, 0.15) is 17.5 Å². The van der Waals surface area contributed by atoms with Gasteiger partial charge in [0.05, 0.1) is 23.5 Å². The van der Waals surface area contributed by atoms with Gasteiger partial charge in [-0.05, 0) is 30.2 Å². The molecular weight excluding hydrogens is 488 g/mol. The molecule has 0 saturated carbocycles. The van der Waals surface area contributed by atoms with Crippen molar-refractivity contribution in [1.29, 1.82) is 5.26 Å². The molecule has 0 atom stereocenters. The summed E-state index contributed by atoms with van der Waals surface area (Å²) in [6.07, 6.45) is 10.4. The minimum atomic E-state index is 0.202. The zero-order chi connectivity index (χ0) is 26.8. The van der Waals surface area contributed by atoms with E-state index < -0.39 is 0 Å². The van der Waals surface area contributed by atoms with E-state index >= 15 is 0 Å². The molecule has 6 rings (SSSR count). The van der Waals surface area contributed by atoms with Crippen LogP contribution in [0, 0.1) is 11.3 Å². The number of piperazine rings is 1. The van der Waals surface area contributed by atoms with Crippen LogP contribution in [-0.2, 0) is 18.3 Å². The molecule has 0 spiro atoms. The molecule has 1 aliphatic rings. The zero-order valence-electron chi connectivity index (χ0n) is 21.7. The highest BCUT2D eigenvalue weighted by atomic mass is 16.2. The van der Waals surface area contributed by atoms with Gasteiger partial charge in [0, 0.05) is 80.5 Å². The molecule has 5 aromatic rings. The van der Waals surface area contributed by atoms with E-state index in [9.17, 15) is 10.1 Å². The van der Waals surface area contributed by atoms with Crippen molar-refractivity contribution in [3.8, 4) is 28.3 Å². The Labute approximate surface area is 226 Å². The van der Waals surface area contributed by atoms with Crippen LogP contribution in [0.15, 0.2) is 79.5 Å². The fourth-order valence-corrected chi connectivity index (χ4v) is 5.12. The summed E-state index contributed by atoms with van der Waals surface area (Å²) in [7, 11) is 1.88. The van der Waals surface area contributed by atoms with Gasteiger partial charge in [-0.25, -0.2) is 9.50 Å². The van der Waals surface area contributed by atoms with Crippen molar-refractivity contribution in [2.75, 3.05) is 31.1 Å². The average molecular weight is 517 g/mol. The number of nitriles is 1. The Morgan fingerprint density at radius 1 is 0.923 bits per heavy atom. The summed E-state index contributed by atoms with van der Waals surface area (Å²) in [6, 6.07) is 18.5. The van der Waals surface area contributed by atoms with Crippen molar-refractivity contribution in [2.24, 2.45) is 7.05 Å². The van der Waals surface area contributed by atoms with Crippen LogP contribution in [0.2, 0.25) is 0 Å². The fourth-order valence-electron chi connectivity index (χ4n) is 5.12. The normalized spacial score (nSPS) is 13.5. The third-order valence-electron chi connectivity index (χ3n) is 7.26. The van der Waals surface area contributed by atoms with Gasteiger partial charge in [0.2, 0.25) is 5.91 Å². The topological polar surface area (TPSA) is 95.3 Å². The number of benzene rings is 1. The van der Waals surface area contributed by atoms with Crippen LogP contribution in [0.25, 0.3) is 27.8 Å². The van der Waals surface area contributed by atoms with Crippen molar-refractivity contribution >= 4 is 17.2 Å². The lowest BCUT2D eigenvalue weighted by Gasteiger charge is -2.35. The van der Waals surface area contributed by atoms with Crippen LogP contribution in [0.5, 0.6) is 0 Å². The summed E-state index contributed by atoms with van der Waals surface area (Å²) >= 11 is 0. The number of hydrogen-bond donors (Lipinski definition) is 0. The number of carbonyl (C=O) groups excluding carboxylic acids is 1. The summed E-state index contributed by atoms with van der Waals surface area (Å²) in [5, 5.41) is 18.4. The molecule has 39 heavy (non-hydrogen) atoms. The van der Waals surface area contributed by atoms with Crippen LogP contribution >= 0.6 is 0 Å². The van der Waals surface area contributed by atoms with Gasteiger partial charge in [0.25, 0.3) is 0 Å². The molecule has 1 fully saturated rings. The largest absolute Gasteiger partial charge is 0.353 e. The molecule has 9 heteroatoms. The summed E-state index contributed by atoms with van der Waals surface area (Å²) in [5.41, 5.74) is 6.17. The van der Waals surface area contributed by atoms with E-state index in [-0.39, 0.29) is 5.91 Å². The van der Waals surface area contributed by atoms with Crippen LogP contribution < -0.4 is 4.90 Å². The molecule has 5 heterocycles. The van der Waals surface area contributed by atoms with E-state index in [1.807, 2.05) is 67.1 Å². The van der Waals surface area contributed by atoms with Crippen molar-refractivity contribution in [3.63, 3.8) is 0 Å². The van der Waals surface area contributed by atoms with Crippen molar-refractivity contribution < 1.29 is 4.79 Å². The Morgan fingerprint density at radius 2 is 1.74 bits per heavy atom. The minimum absolute atomic E-state index is 0.202. The first-order chi connectivity index (χ1) is 19.1. The molecule has 0 unspecified atom stereocenters. The monoisotopic (exact) mass is 516 g/mol. The van der Waals surface area contributed by atoms with Gasteiger partial charge in [-0.3, -0.25) is 9.48 Å². The van der Waals surface area contributed by atoms with E-state index in [0.717, 1.165) is 53.1 Å². The maximum atomic E-state index is 12.7. The Hall–Kier alpha value is -4.97. The van der Waals surface area contributed by atoms with Gasteiger partial charge in [-0.1, -0.05) is 30.3 Å². The number of aromatic nitrogens is 5. The number of rotatable bonds is 6. The lowest BCUT2D eigenvalue weighted by molar-refractivity contribution is -0.131. The van der Waals surface area contributed by atoms with Crippen LogP contribution in [0.3, 0.4) is 0 Å². The SMILES string of the molecule is Cn1cc(-c2cc(-c3ccc(N4CCN(C(=O)CCc5ccccc5)CC4)nc3)c3c(C#N)cnn3c2)cn1. The first kappa shape index (κ1) is 24.4. The van der Waals surface area contributed by atoms with E-state index in [1.54, 1.807) is 15.4 Å². The fraction of sp³-hybridized carbons (Fsp3) is 0.233. The molecule has 4 aromatic heterocycles. The maximum Gasteiger partial charge on any atom is 0.223 e. The maximum absolute atomic E-state index is 12.7. The molecule has 0 N–H and O–H groups in total. The van der Waals surface area contributed by atoms with Crippen LogP contribution in [-0.4, -0.2) is 61.4 Å². The minimum Gasteiger partial charge on any atom is -0.353 e. The quantitative estimate of drug-likeness (QED) is 0.339. The molecule has 194 valence electrons. The molecule has 1 saturated heterocycles. The first-order valence-electron chi connectivity index (χ1n) is 13.0. The predicted octanol–water partition coefficient (Wildman–Crippen LogP) is 3.95. The Kier molecular flexibility index (Phi) is 6.51. The molecule has 1 amide bonds. The highest BCUT2D eigenvalue weighted by Gasteiger charge is 2.22. The second kappa shape index (κ2) is 10.4. The molecule has 0 aliphatic carbocycles. The summed E-state index contributed by atoms with van der Waals surface area (Å²) in [5.74, 6) is 1.08. The number of fused-ring (bicyclic) bond motifs is 1. The summed E-state index contributed by atoms with van der Waals surface area (Å²) in [6.45, 7) is 2.86. The number of aryl methyl sites for hydroxylation is 2. The predicted molar refractivity (Wildman–Crippen MR) is 149 cm³/mol. The number of hydrogen-bond acceptors (Lipinski definition) is 6. The van der Waals surface area contributed by atoms with E-state index in [1.165, 1.54) is 5.56 Å². The third-order valence-corrected chi connectivity index (χ3v) is 7.26. The highest BCUT2D eigenvalue weighted by molar-refractivity contribution is 5.87. The number of amides is 1. The first-order valence-corrected chi connectivity index (χ1v) is 13.0. The zero-order valence-corrected chi connectivity index (χ0v) is 21.7. The summed E-state index contributed by atoms with van der Waals surface area (Å²) < 4.78 is 3.51. The van der Waals surface area contributed by atoms with Gasteiger partial charge in [-0.15, -0.1) is 0 Å². The van der Waals surface area contributed by atoms with Crippen molar-refractivity contribution in [3.05, 3.63) is 90.6 Å². The lowest BCUT2D eigenvalue weighted by Crippen LogP contribution is -2.49. The highest BCUT2D eigenvalue weighted by Crippen LogP contribution is 2.32. The summed E-state index contributed by atoms with van der Waals surface area (Å²) in [4.78, 5) is 21.7. The van der Waals surface area contributed by atoms with Crippen molar-refractivity contribution in [2.45, 2.75) is 12.8 Å². The standard InChI is InChI=1S/C30H28N8O/c1-35-20-26(19-33-35)24-15-27(30-25(16-31)18-34-38(30)21-24)23-8-9-28(32-17-23)36-11-13-37(14-12-36)29(39)10-7-22-5-3-2-4-6-22/h2-6,8-9,15,17-21H,7,10-14H2,1H3. The number of anilines is 1. The molecule has 9 nitrogen and oxygen atoms in total. The van der Waals surface area contributed by atoms with Gasteiger partial charge in [0.15, 0.2) is 0 Å². The van der Waals surface area contributed by atoms with Gasteiger partial charge in [-0.2, -0.15) is 15.5 Å². The van der Waals surface area contributed by atoms with E-state index in [4.69, 9.17) is 4.98 Å². The average Bonchev–Trinajstić information content (AvgIpc) is 3.62. The number of nitrogens with zero attached hydrogens (tertiary/aromatic N) is 8. The van der Waals surface area contributed by atoms with Crippen LogP contribution in [0.4, 0.5) is 5.82 Å². The number of pyridine rings is 2. The van der Waals surface area contributed by atoms with Crippen molar-refractivity contribution in [1.82, 2.24) is 29.3 Å². The third kappa shape index (κ3) is 4.97. The number of carbonyl (C=O) groups is 1. The molecule has 1 aromatic carbocycles. The Bertz CT molecular complexity index is 1660.